The van der Waals surface area contributed by atoms with Crippen molar-refractivity contribution in [1.29, 1.82) is 0 Å². The first-order valence-electron chi connectivity index (χ1n) is 9.18. The van der Waals surface area contributed by atoms with Crippen molar-refractivity contribution >= 4 is 11.6 Å². The Kier molecular flexibility index (Phi) is 5.63. The standard InChI is InChI=1S/C21H14F4N4O3/c22-14-5-7-15(8-6-14)26-18(30)12-29-11-1-2-17(29)20-27-19(28-32-20)13-3-9-16(10-4-13)31-21(23,24)25/h1-11H,12H2,(H,26,30). The third-order valence-corrected chi connectivity index (χ3v) is 4.26. The van der Waals surface area contributed by atoms with E-state index in [1.54, 1.807) is 22.9 Å². The lowest BCUT2D eigenvalue weighted by Gasteiger charge is -2.08. The number of hydrogen-bond donors (Lipinski definition) is 1. The van der Waals surface area contributed by atoms with E-state index in [1.807, 2.05) is 0 Å². The van der Waals surface area contributed by atoms with Crippen LogP contribution in [-0.4, -0.2) is 27.0 Å². The second-order valence-corrected chi connectivity index (χ2v) is 6.57. The van der Waals surface area contributed by atoms with Gasteiger partial charge in [0.05, 0.1) is 0 Å². The molecule has 7 nitrogen and oxygen atoms in total. The van der Waals surface area contributed by atoms with Crippen LogP contribution in [0.2, 0.25) is 0 Å². The van der Waals surface area contributed by atoms with Crippen LogP contribution in [0, 0.1) is 5.82 Å². The summed E-state index contributed by atoms with van der Waals surface area (Å²) in [5.74, 6) is -0.859. The molecule has 0 spiro atoms. The second kappa shape index (κ2) is 8.53. The van der Waals surface area contributed by atoms with Gasteiger partial charge in [0.1, 0.15) is 23.8 Å². The van der Waals surface area contributed by atoms with E-state index in [0.717, 1.165) is 12.1 Å². The van der Waals surface area contributed by atoms with Gasteiger partial charge in [0.2, 0.25) is 11.7 Å². The van der Waals surface area contributed by atoms with Crippen molar-refractivity contribution in [2.75, 3.05) is 5.32 Å². The highest BCUT2D eigenvalue weighted by Crippen LogP contribution is 2.27. The quantitative estimate of drug-likeness (QED) is 0.427. The van der Waals surface area contributed by atoms with Gasteiger partial charge in [-0.2, -0.15) is 4.98 Å². The largest absolute Gasteiger partial charge is 0.573 e. The summed E-state index contributed by atoms with van der Waals surface area (Å²) in [6, 6.07) is 13.7. The van der Waals surface area contributed by atoms with Crippen molar-refractivity contribution in [3.63, 3.8) is 0 Å². The van der Waals surface area contributed by atoms with E-state index in [9.17, 15) is 22.4 Å². The Hall–Kier alpha value is -4.15. The first-order valence-corrected chi connectivity index (χ1v) is 9.18. The number of anilines is 1. The van der Waals surface area contributed by atoms with E-state index in [4.69, 9.17) is 4.52 Å². The molecule has 0 aliphatic rings. The number of nitrogens with one attached hydrogen (secondary N) is 1. The number of carbonyl (C=O) groups is 1. The van der Waals surface area contributed by atoms with Crippen LogP contribution < -0.4 is 10.1 Å². The molecule has 2 aromatic heterocycles. The van der Waals surface area contributed by atoms with E-state index >= 15 is 0 Å². The first kappa shape index (κ1) is 21.1. The fourth-order valence-electron chi connectivity index (χ4n) is 2.89. The minimum absolute atomic E-state index is 0.0686. The topological polar surface area (TPSA) is 82.2 Å². The first-order chi connectivity index (χ1) is 15.3. The van der Waals surface area contributed by atoms with Gasteiger partial charge in [-0.25, -0.2) is 4.39 Å². The summed E-state index contributed by atoms with van der Waals surface area (Å²) < 4.78 is 60.5. The third-order valence-electron chi connectivity index (χ3n) is 4.26. The number of aromatic nitrogens is 3. The number of amides is 1. The molecule has 32 heavy (non-hydrogen) atoms. The predicted octanol–water partition coefficient (Wildman–Crippen LogP) is 4.88. The van der Waals surface area contributed by atoms with E-state index in [2.05, 4.69) is 20.2 Å². The van der Waals surface area contributed by atoms with Crippen molar-refractivity contribution in [2.45, 2.75) is 12.9 Å². The van der Waals surface area contributed by atoms with Crippen molar-refractivity contribution in [2.24, 2.45) is 0 Å². The van der Waals surface area contributed by atoms with Gasteiger partial charge < -0.3 is 19.1 Å². The van der Waals surface area contributed by atoms with Crippen LogP contribution in [0.5, 0.6) is 5.75 Å². The van der Waals surface area contributed by atoms with Crippen LogP contribution in [0.15, 0.2) is 71.4 Å². The molecule has 4 rings (SSSR count). The average Bonchev–Trinajstić information content (AvgIpc) is 3.38. The van der Waals surface area contributed by atoms with Gasteiger partial charge in [-0.05, 0) is 60.7 Å². The Bertz CT molecular complexity index is 1220. The maximum Gasteiger partial charge on any atom is 0.573 e. The molecule has 164 valence electrons. The van der Waals surface area contributed by atoms with Crippen LogP contribution in [0.1, 0.15) is 0 Å². The number of ether oxygens (including phenoxy) is 1. The van der Waals surface area contributed by atoms with E-state index in [1.165, 1.54) is 36.4 Å². The summed E-state index contributed by atoms with van der Waals surface area (Å²) in [6.45, 7) is -0.0686. The Morgan fingerprint density at radius 2 is 1.78 bits per heavy atom. The molecule has 0 saturated carbocycles. The highest BCUT2D eigenvalue weighted by molar-refractivity contribution is 5.90. The Balaban J connectivity index is 1.46. The molecule has 2 aromatic carbocycles. The lowest BCUT2D eigenvalue weighted by molar-refractivity contribution is -0.274. The maximum atomic E-state index is 13.0. The minimum Gasteiger partial charge on any atom is -0.406 e. The SMILES string of the molecule is O=C(Cn1cccc1-c1nc(-c2ccc(OC(F)(F)F)cc2)no1)Nc1ccc(F)cc1. The Morgan fingerprint density at radius 3 is 2.47 bits per heavy atom. The number of hydrogen-bond acceptors (Lipinski definition) is 5. The Morgan fingerprint density at radius 1 is 1.06 bits per heavy atom. The van der Waals surface area contributed by atoms with Gasteiger partial charge in [-0.15, -0.1) is 13.2 Å². The monoisotopic (exact) mass is 446 g/mol. The number of alkyl halides is 3. The molecule has 1 amide bonds. The molecule has 0 saturated heterocycles. The van der Waals surface area contributed by atoms with Gasteiger partial charge in [0, 0.05) is 17.4 Å². The summed E-state index contributed by atoms with van der Waals surface area (Å²) >= 11 is 0. The van der Waals surface area contributed by atoms with Gasteiger partial charge >= 0.3 is 6.36 Å². The molecule has 0 radical (unpaired) electrons. The lowest BCUT2D eigenvalue weighted by Crippen LogP contribution is -2.18. The molecule has 1 N–H and O–H groups in total. The minimum atomic E-state index is -4.78. The molecule has 0 aliphatic heterocycles. The molecule has 0 atom stereocenters. The van der Waals surface area contributed by atoms with Crippen LogP contribution in [0.4, 0.5) is 23.2 Å². The molecule has 4 aromatic rings. The smallest absolute Gasteiger partial charge is 0.406 e. The zero-order valence-corrected chi connectivity index (χ0v) is 16.1. The summed E-state index contributed by atoms with van der Waals surface area (Å²) in [6.07, 6.45) is -3.14. The van der Waals surface area contributed by atoms with E-state index in [-0.39, 0.29) is 29.9 Å². The number of benzene rings is 2. The normalized spacial score (nSPS) is 11.4. The van der Waals surface area contributed by atoms with Crippen LogP contribution in [0.25, 0.3) is 23.0 Å². The van der Waals surface area contributed by atoms with Crippen LogP contribution in [0.3, 0.4) is 0 Å². The average molecular weight is 446 g/mol. The van der Waals surface area contributed by atoms with Gasteiger partial charge in [0.25, 0.3) is 5.89 Å². The molecule has 2 heterocycles. The number of rotatable bonds is 6. The molecule has 0 aliphatic carbocycles. The summed E-state index contributed by atoms with van der Waals surface area (Å²) in [5.41, 5.74) is 1.33. The molecule has 11 heteroatoms. The Labute approximate surface area is 178 Å². The fourth-order valence-corrected chi connectivity index (χ4v) is 2.89. The van der Waals surface area contributed by atoms with Crippen LogP contribution >= 0.6 is 0 Å². The van der Waals surface area contributed by atoms with Gasteiger partial charge in [-0.3, -0.25) is 4.79 Å². The number of carbonyl (C=O) groups excluding carboxylic acids is 1. The molecule has 0 bridgehead atoms. The van der Waals surface area contributed by atoms with Crippen molar-refractivity contribution < 1.29 is 31.6 Å². The molecule has 0 unspecified atom stereocenters. The molecular weight excluding hydrogens is 432 g/mol. The summed E-state index contributed by atoms with van der Waals surface area (Å²) in [4.78, 5) is 16.6. The van der Waals surface area contributed by atoms with E-state index in [0.29, 0.717) is 16.9 Å². The second-order valence-electron chi connectivity index (χ2n) is 6.57. The molecular formula is C21H14F4N4O3. The predicted molar refractivity (Wildman–Crippen MR) is 105 cm³/mol. The molecule has 0 fully saturated rings. The van der Waals surface area contributed by atoms with Crippen molar-refractivity contribution in [3.8, 4) is 28.7 Å². The third kappa shape index (κ3) is 5.12. The maximum absolute atomic E-state index is 13.0. The number of halogens is 4. The van der Waals surface area contributed by atoms with E-state index < -0.39 is 12.2 Å². The highest BCUT2D eigenvalue weighted by Gasteiger charge is 2.31. The lowest BCUT2D eigenvalue weighted by atomic mass is 10.2. The van der Waals surface area contributed by atoms with Gasteiger partial charge in [0.15, 0.2) is 0 Å². The van der Waals surface area contributed by atoms with Crippen molar-refractivity contribution in [3.05, 3.63) is 72.7 Å². The van der Waals surface area contributed by atoms with Gasteiger partial charge in [-0.1, -0.05) is 5.16 Å². The van der Waals surface area contributed by atoms with Crippen LogP contribution in [-0.2, 0) is 11.3 Å². The number of nitrogens with zero attached hydrogens (tertiary/aromatic N) is 3. The summed E-state index contributed by atoms with van der Waals surface area (Å²) in [7, 11) is 0. The zero-order chi connectivity index (χ0) is 22.7. The fraction of sp³-hybridized carbons (Fsp3) is 0.0952. The zero-order valence-electron chi connectivity index (χ0n) is 16.1. The highest BCUT2D eigenvalue weighted by atomic mass is 19.4. The summed E-state index contributed by atoms with van der Waals surface area (Å²) in [5, 5.41) is 6.50. The van der Waals surface area contributed by atoms with Crippen molar-refractivity contribution in [1.82, 2.24) is 14.7 Å².